The number of unbranched alkanes of at least 4 members (excludes halogenated alkanes) is 1. The van der Waals surface area contributed by atoms with Crippen molar-refractivity contribution in [2.45, 2.75) is 68.6 Å². The molecule has 0 aliphatic carbocycles. The van der Waals surface area contributed by atoms with E-state index in [2.05, 4.69) is 29.6 Å². The average Bonchev–Trinajstić information content (AvgIpc) is 3.12. The van der Waals surface area contributed by atoms with Gasteiger partial charge in [0.15, 0.2) is 6.29 Å². The van der Waals surface area contributed by atoms with Crippen LogP contribution >= 0.6 is 11.8 Å². The van der Waals surface area contributed by atoms with Gasteiger partial charge in [-0.25, -0.2) is 5.48 Å². The molecule has 5 rings (SSSR count). The maximum absolute atomic E-state index is 12.4. The fourth-order valence-corrected chi connectivity index (χ4v) is 6.36. The Kier molecular flexibility index (Phi) is 12.4. The summed E-state index contributed by atoms with van der Waals surface area (Å²) < 4.78 is 13.1. The number of hydrogen-bond donors (Lipinski definition) is 4. The number of rotatable bonds is 14. The highest BCUT2D eigenvalue weighted by molar-refractivity contribution is 7.99. The van der Waals surface area contributed by atoms with Crippen molar-refractivity contribution in [3.63, 3.8) is 0 Å². The van der Waals surface area contributed by atoms with Crippen molar-refractivity contribution >= 4 is 23.6 Å². The van der Waals surface area contributed by atoms with Crippen LogP contribution in [0.4, 0.5) is 0 Å². The summed E-state index contributed by atoms with van der Waals surface area (Å²) in [7, 11) is 0. The lowest BCUT2D eigenvalue weighted by atomic mass is 9.97. The zero-order chi connectivity index (χ0) is 32.1. The molecule has 0 saturated carbocycles. The average molecular weight is 641 g/mol. The van der Waals surface area contributed by atoms with Crippen LogP contribution in [0.1, 0.15) is 66.8 Å². The van der Waals surface area contributed by atoms with Gasteiger partial charge < -0.3 is 19.9 Å². The number of ether oxygens (including phenoxy) is 2. The van der Waals surface area contributed by atoms with Crippen molar-refractivity contribution in [2.24, 2.45) is 0 Å². The number of hydroxylamine groups is 1. The van der Waals surface area contributed by atoms with Crippen molar-refractivity contribution in [2.75, 3.05) is 5.75 Å². The molecule has 46 heavy (non-hydrogen) atoms. The zero-order valence-corrected chi connectivity index (χ0v) is 26.5. The number of carbonyl (C=O) groups excluding carboxylic acids is 2. The summed E-state index contributed by atoms with van der Waals surface area (Å²) >= 11 is 1.77. The second kappa shape index (κ2) is 17.1. The Morgan fingerprint density at radius 3 is 2.17 bits per heavy atom. The summed E-state index contributed by atoms with van der Waals surface area (Å²) in [6.07, 6.45) is 1.61. The van der Waals surface area contributed by atoms with Crippen molar-refractivity contribution in [1.29, 1.82) is 0 Å². The summed E-state index contributed by atoms with van der Waals surface area (Å²) in [6.45, 7) is 0.392. The molecule has 1 aliphatic rings. The van der Waals surface area contributed by atoms with Crippen molar-refractivity contribution in [1.82, 2.24) is 10.8 Å². The van der Waals surface area contributed by atoms with Gasteiger partial charge in [-0.2, -0.15) is 0 Å². The highest BCUT2D eigenvalue weighted by Gasteiger charge is 2.32. The first-order chi connectivity index (χ1) is 22.5. The molecule has 240 valence electrons. The molecule has 4 N–H and O–H groups in total. The first-order valence-corrected chi connectivity index (χ1v) is 16.6. The van der Waals surface area contributed by atoms with E-state index in [0.717, 1.165) is 45.6 Å². The Hall–Kier alpha value is -3.99. The van der Waals surface area contributed by atoms with Crippen LogP contribution in [0.25, 0.3) is 11.1 Å². The summed E-state index contributed by atoms with van der Waals surface area (Å²) in [5, 5.41) is 21.1. The molecule has 0 bridgehead atoms. The highest BCUT2D eigenvalue weighted by atomic mass is 32.2. The van der Waals surface area contributed by atoms with Crippen molar-refractivity contribution in [3.8, 4) is 11.1 Å². The van der Waals surface area contributed by atoms with Gasteiger partial charge in [-0.05, 0) is 52.8 Å². The van der Waals surface area contributed by atoms with Crippen molar-refractivity contribution < 1.29 is 29.4 Å². The largest absolute Gasteiger partial charge is 0.392 e. The number of nitrogens with one attached hydrogen (secondary N) is 2. The lowest BCUT2D eigenvalue weighted by Crippen LogP contribution is -2.31. The fraction of sp³-hybridized carbons (Fsp3) is 0.297. The third kappa shape index (κ3) is 9.51. The summed E-state index contributed by atoms with van der Waals surface area (Å²) in [5.74, 6) is 0.267. The number of hydrogen-bond acceptors (Lipinski definition) is 7. The number of benzene rings is 4. The molecule has 1 saturated heterocycles. The molecule has 2 amide bonds. The van der Waals surface area contributed by atoms with Crippen LogP contribution in [-0.4, -0.2) is 34.0 Å². The second-order valence-corrected chi connectivity index (χ2v) is 12.4. The molecular weight excluding hydrogens is 600 g/mol. The first kappa shape index (κ1) is 33.4. The van der Waals surface area contributed by atoms with Crippen LogP contribution < -0.4 is 10.8 Å². The molecule has 0 unspecified atom stereocenters. The van der Waals surface area contributed by atoms with E-state index in [-0.39, 0.29) is 31.1 Å². The van der Waals surface area contributed by atoms with Gasteiger partial charge in [0.25, 0.3) is 0 Å². The first-order valence-electron chi connectivity index (χ1n) is 15.6. The van der Waals surface area contributed by atoms with Crippen LogP contribution in [0.3, 0.4) is 0 Å². The van der Waals surface area contributed by atoms with Gasteiger partial charge in [0.2, 0.25) is 11.8 Å². The van der Waals surface area contributed by atoms with E-state index >= 15 is 0 Å². The van der Waals surface area contributed by atoms with Crippen molar-refractivity contribution in [3.05, 3.63) is 125 Å². The topological polar surface area (TPSA) is 117 Å². The van der Waals surface area contributed by atoms with E-state index in [1.165, 1.54) is 4.90 Å². The third-order valence-electron chi connectivity index (χ3n) is 7.96. The van der Waals surface area contributed by atoms with E-state index in [0.29, 0.717) is 25.8 Å². The lowest BCUT2D eigenvalue weighted by molar-refractivity contribution is -0.245. The van der Waals surface area contributed by atoms with Gasteiger partial charge >= 0.3 is 0 Å². The molecule has 3 atom stereocenters. The highest BCUT2D eigenvalue weighted by Crippen LogP contribution is 2.40. The molecule has 9 heteroatoms. The second-order valence-electron chi connectivity index (χ2n) is 11.3. The summed E-state index contributed by atoms with van der Waals surface area (Å²) in [5.41, 5.74) is 7.50. The molecule has 1 aliphatic heterocycles. The van der Waals surface area contributed by atoms with Gasteiger partial charge in [-0.1, -0.05) is 91.0 Å². The predicted molar refractivity (Wildman–Crippen MR) is 178 cm³/mol. The number of carbonyl (C=O) groups is 2. The zero-order valence-electron chi connectivity index (χ0n) is 25.6. The maximum Gasteiger partial charge on any atom is 0.243 e. The van der Waals surface area contributed by atoms with E-state index in [1.54, 1.807) is 17.2 Å². The molecule has 1 fully saturated rings. The molecule has 0 aromatic heterocycles. The van der Waals surface area contributed by atoms with Crippen LogP contribution in [0.2, 0.25) is 0 Å². The minimum absolute atomic E-state index is 0.00310. The Labute approximate surface area is 274 Å². The molecule has 1 heterocycles. The van der Waals surface area contributed by atoms with Gasteiger partial charge in [-0.3, -0.25) is 14.8 Å². The van der Waals surface area contributed by atoms with Gasteiger partial charge in [0.05, 0.1) is 18.8 Å². The summed E-state index contributed by atoms with van der Waals surface area (Å²) in [4.78, 5) is 24.8. The van der Waals surface area contributed by atoms with E-state index in [1.807, 2.05) is 78.9 Å². The third-order valence-corrected chi connectivity index (χ3v) is 9.11. The lowest BCUT2D eigenvalue weighted by Gasteiger charge is -2.36. The Bertz CT molecular complexity index is 1550. The number of amides is 2. The van der Waals surface area contributed by atoms with E-state index in [4.69, 9.17) is 14.7 Å². The number of aliphatic hydroxyl groups is 1. The standard InChI is InChI=1S/C37H40N2O6S/c40-24-26-14-16-28(17-15-26)34-22-31(25-46-32-9-2-1-3-10-32)44-37(45-34)29-20-18-27(19-21-29)33-11-5-4-8-30(33)23-38-35(41)12-6-7-13-36(42)39-43/h1-5,8-11,14-21,31,34,37,40,43H,6-7,12-13,22-25H2,(H,38,41)(H,39,42)/t31-,34+,37+/m1/s1. The molecule has 4 aromatic carbocycles. The monoisotopic (exact) mass is 640 g/mol. The normalized spacial score (nSPS) is 17.7. The van der Waals surface area contributed by atoms with Gasteiger partial charge in [0.1, 0.15) is 0 Å². The number of aliphatic hydroxyl groups excluding tert-OH is 1. The SMILES string of the molecule is O=C(CCCCC(=O)NCc1ccccc1-c1ccc([C@H]2O[C@@H](CSc3ccccc3)C[C@@H](c3ccc(CO)cc3)O2)cc1)NO. The van der Waals surface area contributed by atoms with E-state index < -0.39 is 12.2 Å². The fourth-order valence-electron chi connectivity index (χ4n) is 5.41. The number of thioether (sulfide) groups is 1. The Morgan fingerprint density at radius 2 is 1.46 bits per heavy atom. The molecule has 4 aromatic rings. The van der Waals surface area contributed by atoms with Crippen LogP contribution in [0.5, 0.6) is 0 Å². The Balaban J connectivity index is 1.25. The van der Waals surface area contributed by atoms with Crippen LogP contribution in [-0.2, 0) is 32.2 Å². The Morgan fingerprint density at radius 1 is 0.783 bits per heavy atom. The predicted octanol–water partition coefficient (Wildman–Crippen LogP) is 6.87. The van der Waals surface area contributed by atoms with Gasteiger partial charge in [-0.15, -0.1) is 11.8 Å². The molecule has 0 radical (unpaired) electrons. The minimum atomic E-state index is -0.537. The maximum atomic E-state index is 12.4. The van der Waals surface area contributed by atoms with Gasteiger partial charge in [0, 0.05) is 42.0 Å². The quantitative estimate of drug-likeness (QED) is 0.0515. The summed E-state index contributed by atoms with van der Waals surface area (Å²) in [6, 6.07) is 34.4. The smallest absolute Gasteiger partial charge is 0.243 e. The van der Waals surface area contributed by atoms with Crippen LogP contribution in [0.15, 0.2) is 108 Å². The van der Waals surface area contributed by atoms with E-state index in [9.17, 15) is 14.7 Å². The molecule has 8 nitrogen and oxygen atoms in total. The van der Waals surface area contributed by atoms with Crippen LogP contribution in [0, 0.1) is 0 Å². The molecule has 0 spiro atoms. The molecular formula is C37H40N2O6S. The minimum Gasteiger partial charge on any atom is -0.392 e.